The first-order chi connectivity index (χ1) is 7.68. The Morgan fingerprint density at radius 3 is 2.50 bits per heavy atom. The van der Waals surface area contributed by atoms with Crippen LogP contribution < -0.4 is 11.1 Å². The van der Waals surface area contributed by atoms with Crippen LogP contribution >= 0.6 is 0 Å². The zero-order valence-electron chi connectivity index (χ0n) is 9.19. The highest BCUT2D eigenvalue weighted by Gasteiger charge is 2.22. The minimum Gasteiger partial charge on any atom is -0.504 e. The van der Waals surface area contributed by atoms with Crippen molar-refractivity contribution in [2.24, 2.45) is 11.7 Å². The monoisotopic (exact) mass is 222 g/mol. The van der Waals surface area contributed by atoms with Gasteiger partial charge in [0.1, 0.15) is 0 Å². The van der Waals surface area contributed by atoms with E-state index < -0.39 is 0 Å². The van der Waals surface area contributed by atoms with Crippen molar-refractivity contribution in [3.8, 4) is 11.5 Å². The van der Waals surface area contributed by atoms with E-state index in [0.29, 0.717) is 5.92 Å². The molecule has 1 aliphatic rings. The van der Waals surface area contributed by atoms with Gasteiger partial charge < -0.3 is 21.3 Å². The fourth-order valence-electron chi connectivity index (χ4n) is 2.22. The van der Waals surface area contributed by atoms with E-state index in [1.54, 1.807) is 12.1 Å². The minimum absolute atomic E-state index is 0.0615. The Balaban J connectivity index is 2.12. The first-order valence-electron chi connectivity index (χ1n) is 5.66. The topological polar surface area (TPSA) is 78.5 Å². The van der Waals surface area contributed by atoms with Crippen molar-refractivity contribution < 1.29 is 10.2 Å². The summed E-state index contributed by atoms with van der Waals surface area (Å²) in [6.07, 6.45) is 2.12. The lowest BCUT2D eigenvalue weighted by Crippen LogP contribution is -2.33. The van der Waals surface area contributed by atoms with Gasteiger partial charge >= 0.3 is 0 Å². The molecule has 88 valence electrons. The average molecular weight is 222 g/mol. The molecule has 4 heteroatoms. The normalized spacial score (nSPS) is 19.6. The van der Waals surface area contributed by atoms with Crippen molar-refractivity contribution in [2.45, 2.75) is 18.9 Å². The lowest BCUT2D eigenvalue weighted by atomic mass is 9.86. The zero-order valence-corrected chi connectivity index (χ0v) is 9.19. The Labute approximate surface area is 95.1 Å². The van der Waals surface area contributed by atoms with Gasteiger partial charge in [-0.1, -0.05) is 6.07 Å². The van der Waals surface area contributed by atoms with Crippen molar-refractivity contribution in [1.82, 2.24) is 5.32 Å². The summed E-state index contributed by atoms with van der Waals surface area (Å²) in [7, 11) is 0. The third kappa shape index (κ3) is 2.28. The Morgan fingerprint density at radius 1 is 1.19 bits per heavy atom. The maximum Gasteiger partial charge on any atom is 0.157 e. The first kappa shape index (κ1) is 11.2. The third-order valence-corrected chi connectivity index (χ3v) is 3.28. The molecule has 1 fully saturated rings. The SMILES string of the molecule is N[C@@H](c1ccc(O)c(O)c1)C1CCNCC1. The van der Waals surface area contributed by atoms with Gasteiger partial charge in [0.05, 0.1) is 0 Å². The highest BCUT2D eigenvalue weighted by Crippen LogP contribution is 2.32. The van der Waals surface area contributed by atoms with Crippen molar-refractivity contribution in [2.75, 3.05) is 13.1 Å². The standard InChI is InChI=1S/C12H18N2O2/c13-12(8-3-5-14-6-4-8)9-1-2-10(15)11(16)7-9/h1-2,7-8,12,14-16H,3-6,13H2/t12-/m1/s1. The molecule has 0 amide bonds. The number of benzene rings is 1. The van der Waals surface area contributed by atoms with Gasteiger partial charge in [-0.15, -0.1) is 0 Å². The largest absolute Gasteiger partial charge is 0.504 e. The first-order valence-corrected chi connectivity index (χ1v) is 5.66. The summed E-state index contributed by atoms with van der Waals surface area (Å²) in [5.41, 5.74) is 7.06. The second-order valence-corrected chi connectivity index (χ2v) is 4.36. The molecule has 0 aliphatic carbocycles. The molecule has 16 heavy (non-hydrogen) atoms. The number of piperidine rings is 1. The minimum atomic E-state index is -0.0961. The molecule has 0 bridgehead atoms. The van der Waals surface area contributed by atoms with Gasteiger partial charge in [-0.3, -0.25) is 0 Å². The molecule has 0 aromatic heterocycles. The zero-order chi connectivity index (χ0) is 11.5. The van der Waals surface area contributed by atoms with Crippen LogP contribution in [0.15, 0.2) is 18.2 Å². The van der Waals surface area contributed by atoms with Crippen molar-refractivity contribution in [1.29, 1.82) is 0 Å². The fourth-order valence-corrected chi connectivity index (χ4v) is 2.22. The van der Waals surface area contributed by atoms with Crippen molar-refractivity contribution >= 4 is 0 Å². The average Bonchev–Trinajstić information content (AvgIpc) is 2.33. The summed E-state index contributed by atoms with van der Waals surface area (Å²) >= 11 is 0. The number of rotatable bonds is 2. The molecule has 4 nitrogen and oxygen atoms in total. The smallest absolute Gasteiger partial charge is 0.157 e. The van der Waals surface area contributed by atoms with Crippen LogP contribution in [0.25, 0.3) is 0 Å². The fraction of sp³-hybridized carbons (Fsp3) is 0.500. The van der Waals surface area contributed by atoms with Gasteiger partial charge in [0.25, 0.3) is 0 Å². The number of phenols is 2. The van der Waals surface area contributed by atoms with Crippen LogP contribution in [0.3, 0.4) is 0 Å². The van der Waals surface area contributed by atoms with Crippen molar-refractivity contribution in [3.63, 3.8) is 0 Å². The highest BCUT2D eigenvalue weighted by molar-refractivity contribution is 5.41. The van der Waals surface area contributed by atoms with E-state index in [-0.39, 0.29) is 17.5 Å². The molecule has 2 rings (SSSR count). The van der Waals surface area contributed by atoms with E-state index in [0.717, 1.165) is 31.5 Å². The summed E-state index contributed by atoms with van der Waals surface area (Å²) in [6, 6.07) is 4.77. The summed E-state index contributed by atoms with van der Waals surface area (Å²) in [4.78, 5) is 0. The van der Waals surface area contributed by atoms with Crippen LogP contribution in [-0.2, 0) is 0 Å². The van der Waals surface area contributed by atoms with E-state index in [4.69, 9.17) is 5.73 Å². The lowest BCUT2D eigenvalue weighted by molar-refractivity contribution is 0.321. The molecule has 0 unspecified atom stereocenters. The van der Waals surface area contributed by atoms with E-state index >= 15 is 0 Å². The van der Waals surface area contributed by atoms with Gasteiger partial charge in [-0.25, -0.2) is 0 Å². The quantitative estimate of drug-likeness (QED) is 0.565. The second-order valence-electron chi connectivity index (χ2n) is 4.36. The maximum absolute atomic E-state index is 9.43. The molecule has 0 saturated carbocycles. The van der Waals surface area contributed by atoms with Gasteiger partial charge in [0.2, 0.25) is 0 Å². The van der Waals surface area contributed by atoms with Crippen LogP contribution in [0.2, 0.25) is 0 Å². The number of hydrogen-bond donors (Lipinski definition) is 4. The van der Waals surface area contributed by atoms with E-state index in [2.05, 4.69) is 5.32 Å². The molecular formula is C12H18N2O2. The molecule has 5 N–H and O–H groups in total. The summed E-state index contributed by atoms with van der Waals surface area (Å²) in [6.45, 7) is 2.00. The predicted octanol–water partition coefficient (Wildman–Crippen LogP) is 1.10. The van der Waals surface area contributed by atoms with Crippen LogP contribution in [0, 0.1) is 5.92 Å². The molecule has 1 aromatic carbocycles. The molecule has 1 aliphatic heterocycles. The summed E-state index contributed by atoms with van der Waals surface area (Å²) in [5.74, 6) is 0.258. The summed E-state index contributed by atoms with van der Waals surface area (Å²) in [5, 5.41) is 22.0. The Morgan fingerprint density at radius 2 is 1.88 bits per heavy atom. The van der Waals surface area contributed by atoms with Crippen LogP contribution in [-0.4, -0.2) is 23.3 Å². The van der Waals surface area contributed by atoms with Crippen LogP contribution in [0.1, 0.15) is 24.4 Å². The Hall–Kier alpha value is -1.26. The molecule has 0 spiro atoms. The number of phenolic OH excluding ortho intramolecular Hbond substituents is 2. The van der Waals surface area contributed by atoms with Crippen LogP contribution in [0.5, 0.6) is 11.5 Å². The molecule has 1 atom stereocenters. The molecule has 1 heterocycles. The van der Waals surface area contributed by atoms with E-state index in [1.807, 2.05) is 0 Å². The lowest BCUT2D eigenvalue weighted by Gasteiger charge is -2.28. The number of hydrogen-bond acceptors (Lipinski definition) is 4. The maximum atomic E-state index is 9.43. The molecule has 1 saturated heterocycles. The van der Waals surface area contributed by atoms with E-state index in [1.165, 1.54) is 6.07 Å². The third-order valence-electron chi connectivity index (χ3n) is 3.28. The van der Waals surface area contributed by atoms with Crippen molar-refractivity contribution in [3.05, 3.63) is 23.8 Å². The summed E-state index contributed by atoms with van der Waals surface area (Å²) < 4.78 is 0. The van der Waals surface area contributed by atoms with Gasteiger partial charge in [0.15, 0.2) is 11.5 Å². The Kier molecular flexibility index (Phi) is 3.31. The predicted molar refractivity (Wildman–Crippen MR) is 62.3 cm³/mol. The molecule has 0 radical (unpaired) electrons. The molecule has 1 aromatic rings. The van der Waals surface area contributed by atoms with Crippen LogP contribution in [0.4, 0.5) is 0 Å². The Bertz CT molecular complexity index is 362. The highest BCUT2D eigenvalue weighted by atomic mass is 16.3. The number of nitrogens with one attached hydrogen (secondary N) is 1. The number of nitrogens with two attached hydrogens (primary N) is 1. The number of aromatic hydroxyl groups is 2. The molecular weight excluding hydrogens is 204 g/mol. The second kappa shape index (κ2) is 4.72. The van der Waals surface area contributed by atoms with E-state index in [9.17, 15) is 10.2 Å². The van der Waals surface area contributed by atoms with Gasteiger partial charge in [0, 0.05) is 6.04 Å². The van der Waals surface area contributed by atoms with Gasteiger partial charge in [-0.05, 0) is 49.5 Å². The van der Waals surface area contributed by atoms with Gasteiger partial charge in [-0.2, -0.15) is 0 Å².